The van der Waals surface area contributed by atoms with Gasteiger partial charge in [0.2, 0.25) is 14.1 Å². The van der Waals surface area contributed by atoms with E-state index in [2.05, 4.69) is 95.7 Å². The molecule has 0 aliphatic carbocycles. The van der Waals surface area contributed by atoms with Gasteiger partial charge in [-0.15, -0.1) is 0 Å². The van der Waals surface area contributed by atoms with E-state index in [4.69, 9.17) is 0 Å². The smallest absolute Gasteiger partial charge is 0.236 e. The van der Waals surface area contributed by atoms with Gasteiger partial charge in [-0.25, -0.2) is 0 Å². The fourth-order valence-corrected chi connectivity index (χ4v) is 49.9. The lowest BCUT2D eigenvalue weighted by Crippen LogP contribution is -2.23. The second-order valence-electron chi connectivity index (χ2n) is 5.73. The zero-order valence-corrected chi connectivity index (χ0v) is 16.8. The molecule has 4 heterocycles. The van der Waals surface area contributed by atoms with Crippen molar-refractivity contribution in [2.45, 2.75) is 0 Å². The lowest BCUT2D eigenvalue weighted by Gasteiger charge is -2.10. The molecule has 0 saturated carbocycles. The van der Waals surface area contributed by atoms with E-state index in [0.717, 1.165) is 0 Å². The highest BCUT2D eigenvalue weighted by molar-refractivity contribution is 9.06. The summed E-state index contributed by atoms with van der Waals surface area (Å²) >= 11 is 0. The third kappa shape index (κ3) is 2.40. The molecule has 4 aromatic rings. The molecule has 0 spiro atoms. The lowest BCUT2D eigenvalue weighted by atomic mass is 10.4. The van der Waals surface area contributed by atoms with Crippen molar-refractivity contribution in [2.24, 2.45) is 0 Å². The van der Waals surface area contributed by atoms with Crippen molar-refractivity contribution in [3.05, 3.63) is 49.1 Å². The minimum absolute atomic E-state index is 0.201. The van der Waals surface area contributed by atoms with Gasteiger partial charge >= 0.3 is 0 Å². The molecule has 0 atom stereocenters. The van der Waals surface area contributed by atoms with Crippen molar-refractivity contribution in [1.29, 1.82) is 0 Å². The van der Waals surface area contributed by atoms with Crippen LogP contribution in [0, 0.1) is 0 Å². The van der Waals surface area contributed by atoms with Crippen LogP contribution in [0.15, 0.2) is 49.1 Å². The van der Waals surface area contributed by atoms with Crippen LogP contribution in [0.4, 0.5) is 11.4 Å². The molecule has 0 bridgehead atoms. The molecule has 0 amide bonds. The highest BCUT2D eigenvalue weighted by Crippen LogP contribution is 3.06. The Balaban J connectivity index is 1.54. The zero-order chi connectivity index (χ0) is 15.4. The van der Waals surface area contributed by atoms with Crippen molar-refractivity contribution >= 4 is 38.2 Å². The van der Waals surface area contributed by atoms with Crippen LogP contribution in [0.25, 0.3) is 0 Å². The van der Waals surface area contributed by atoms with Crippen molar-refractivity contribution in [3.8, 4) is 0 Å². The van der Waals surface area contributed by atoms with Crippen molar-refractivity contribution < 1.29 is 8.68 Å². The molecule has 0 aliphatic heterocycles. The monoisotopic (exact) mass is 368 g/mol. The number of nitrogens with zero attached hydrogens (tertiary/aromatic N) is 4. The zero-order valence-electron chi connectivity index (χ0n) is 13.2. The summed E-state index contributed by atoms with van der Waals surface area (Å²) in [6, 6.07) is 8.98. The molecule has 0 fully saturated rings. The number of rotatable bonds is 4. The molecular formula is C14H20N4P4+2. The number of hydrogen-bond donors (Lipinski definition) is 0. The van der Waals surface area contributed by atoms with Gasteiger partial charge in [0.15, 0.2) is 24.8 Å². The molecule has 0 N–H and O–H groups in total. The average molecular weight is 368 g/mol. The Kier molecular flexibility index (Phi) is 3.55. The summed E-state index contributed by atoms with van der Waals surface area (Å²) in [5, 5.41) is 0. The Bertz CT molecular complexity index is 785. The Morgan fingerprint density at radius 2 is 0.955 bits per heavy atom. The van der Waals surface area contributed by atoms with Gasteiger partial charge in [0.25, 0.3) is 0 Å². The molecule has 0 aromatic carbocycles. The SMILES string of the molecule is CN(C)c1cc[n+](-p2p3p(-[n+]4ccc(N(C)C)cc4)p23)cc1. The van der Waals surface area contributed by atoms with Gasteiger partial charge < -0.3 is 9.80 Å². The second-order valence-corrected chi connectivity index (χ2v) is 28.1. The number of hydrogen-bond acceptors (Lipinski definition) is 2. The van der Waals surface area contributed by atoms with Crippen LogP contribution in [0.3, 0.4) is 0 Å². The molecule has 4 rings (SSSR count). The van der Waals surface area contributed by atoms with Crippen LogP contribution >= 0.6 is 26.8 Å². The van der Waals surface area contributed by atoms with Crippen LogP contribution in [-0.4, -0.2) is 28.2 Å². The van der Waals surface area contributed by atoms with Crippen LogP contribution in [0.5, 0.6) is 0 Å². The molecule has 4 nitrogen and oxygen atoms in total. The molecule has 8 heteroatoms. The van der Waals surface area contributed by atoms with E-state index in [-0.39, 0.29) is 14.1 Å². The van der Waals surface area contributed by atoms with E-state index >= 15 is 0 Å². The van der Waals surface area contributed by atoms with E-state index in [1.54, 1.807) is 0 Å². The van der Waals surface area contributed by atoms with Gasteiger partial charge in [-0.3, -0.25) is 0 Å². The first-order chi connectivity index (χ1) is 10.6. The van der Waals surface area contributed by atoms with Gasteiger partial charge in [0.1, 0.15) is 12.7 Å². The highest BCUT2D eigenvalue weighted by atomic mass is 33.1. The Hall–Kier alpha value is -0.900. The molecule has 0 saturated heterocycles. The normalized spacial score (nSPS) is 14.9. The predicted molar refractivity (Wildman–Crippen MR) is 100 cm³/mol. The topological polar surface area (TPSA) is 14.2 Å². The van der Waals surface area contributed by atoms with Crippen molar-refractivity contribution in [2.75, 3.05) is 38.0 Å². The third-order valence-electron chi connectivity index (χ3n) is 3.78. The molecule has 22 heavy (non-hydrogen) atoms. The standard InChI is InChI=1S/C14H20N4P4/c1-15(2)13-5-9-17(10-6-13)19-21-20(22(19)21)18-11-7-14(8-12-18)16(3)4/h5-12H,1-4H3/q+2. The summed E-state index contributed by atoms with van der Waals surface area (Å²) in [5.41, 5.74) is 2.58. The maximum Gasteiger partial charge on any atom is 0.236 e. The second kappa shape index (κ2) is 5.33. The molecule has 0 unspecified atom stereocenters. The summed E-state index contributed by atoms with van der Waals surface area (Å²) in [5.74, 6) is 0. The molecule has 114 valence electrons. The molecule has 0 aliphatic rings. The van der Waals surface area contributed by atoms with Crippen molar-refractivity contribution in [3.63, 3.8) is 0 Å². The summed E-state index contributed by atoms with van der Waals surface area (Å²) in [4.78, 5) is 4.33. The number of aromatic nitrogens is 2. The lowest BCUT2D eigenvalue weighted by molar-refractivity contribution is -0.504. The maximum atomic E-state index is 2.52. The van der Waals surface area contributed by atoms with Crippen LogP contribution in [-0.2, 0) is 0 Å². The largest absolute Gasteiger partial charge is 0.377 e. The first-order valence-electron chi connectivity index (χ1n) is 7.16. The van der Waals surface area contributed by atoms with Gasteiger partial charge in [-0.1, -0.05) is 0 Å². The molecular weight excluding hydrogens is 348 g/mol. The first kappa shape index (κ1) is 14.7. The van der Waals surface area contributed by atoms with Gasteiger partial charge in [0, 0.05) is 63.8 Å². The minimum atomic E-state index is 0.201. The minimum Gasteiger partial charge on any atom is -0.377 e. The summed E-state index contributed by atoms with van der Waals surface area (Å²) in [6.45, 7) is 0. The fourth-order valence-electron chi connectivity index (χ4n) is 2.35. The summed E-state index contributed by atoms with van der Waals surface area (Å²) in [6.07, 6.45) is 9.91. The predicted octanol–water partition coefficient (Wildman–Crippen LogP) is 4.15. The van der Waals surface area contributed by atoms with Crippen LogP contribution in [0.2, 0.25) is 0 Å². The Morgan fingerprint density at radius 1 is 0.636 bits per heavy atom. The number of fused-ring (bicyclic) bond motifs is 1. The van der Waals surface area contributed by atoms with Crippen molar-refractivity contribution in [1.82, 2.24) is 0 Å². The van der Waals surface area contributed by atoms with E-state index in [1.807, 2.05) is 0 Å². The number of anilines is 2. The molecule has 0 radical (unpaired) electrons. The van der Waals surface area contributed by atoms with Crippen LogP contribution < -0.4 is 18.5 Å². The first-order valence-corrected chi connectivity index (χ1v) is 16.0. The Labute approximate surface area is 134 Å². The van der Waals surface area contributed by atoms with Gasteiger partial charge in [-0.05, 0) is 0 Å². The van der Waals surface area contributed by atoms with Crippen LogP contribution in [0.1, 0.15) is 0 Å². The van der Waals surface area contributed by atoms with E-state index in [9.17, 15) is 0 Å². The summed E-state index contributed by atoms with van der Waals surface area (Å²) < 4.78 is 5.04. The molecule has 4 aromatic heterocycles. The number of pyridine rings is 2. The highest BCUT2D eigenvalue weighted by Gasteiger charge is 2.49. The van der Waals surface area contributed by atoms with E-state index < -0.39 is 0 Å². The van der Waals surface area contributed by atoms with E-state index in [0.29, 0.717) is 12.7 Å². The third-order valence-corrected chi connectivity index (χ3v) is 39.8. The maximum absolute atomic E-state index is 2.52. The van der Waals surface area contributed by atoms with Gasteiger partial charge in [0.05, 0.1) is 0 Å². The summed E-state index contributed by atoms with van der Waals surface area (Å²) in [7, 11) is 8.80. The quantitative estimate of drug-likeness (QED) is 0.537. The van der Waals surface area contributed by atoms with E-state index in [1.165, 1.54) is 11.4 Å². The Morgan fingerprint density at radius 3 is 1.23 bits per heavy atom. The average Bonchev–Trinajstić information content (AvgIpc) is 3.39. The fraction of sp³-hybridized carbons (Fsp3) is 0.286. The van der Waals surface area contributed by atoms with Gasteiger partial charge in [-0.2, -0.15) is 8.68 Å².